The van der Waals surface area contributed by atoms with Gasteiger partial charge in [0.1, 0.15) is 0 Å². The minimum Gasteiger partial charge on any atom is -0.365 e. The molecule has 0 radical (unpaired) electrons. The molecule has 1 aromatic rings. The average molecular weight is 257 g/mol. The van der Waals surface area contributed by atoms with Crippen molar-refractivity contribution in [2.45, 2.75) is 32.2 Å². The van der Waals surface area contributed by atoms with E-state index in [4.69, 9.17) is 5.26 Å². The van der Waals surface area contributed by atoms with Crippen LogP contribution in [0.4, 0.5) is 5.69 Å². The summed E-state index contributed by atoms with van der Waals surface area (Å²) in [5.74, 6) is 0.513. The molecule has 0 saturated carbocycles. The molecule has 2 rings (SSSR count). The van der Waals surface area contributed by atoms with Crippen LogP contribution in [-0.4, -0.2) is 37.6 Å². The van der Waals surface area contributed by atoms with Crippen LogP contribution in [0.15, 0.2) is 24.3 Å². The Morgan fingerprint density at radius 3 is 2.74 bits per heavy atom. The van der Waals surface area contributed by atoms with Gasteiger partial charge in [-0.3, -0.25) is 0 Å². The van der Waals surface area contributed by atoms with Gasteiger partial charge in [-0.2, -0.15) is 5.26 Å². The van der Waals surface area contributed by atoms with Gasteiger partial charge in [-0.1, -0.05) is 32.0 Å². The van der Waals surface area contributed by atoms with E-state index < -0.39 is 0 Å². The maximum absolute atomic E-state index is 9.05. The molecule has 0 spiro atoms. The van der Waals surface area contributed by atoms with E-state index in [9.17, 15) is 0 Å². The number of likely N-dealkylation sites (N-methyl/N-ethyl adjacent to an activating group) is 1. The van der Waals surface area contributed by atoms with E-state index in [0.717, 1.165) is 19.6 Å². The Morgan fingerprint density at radius 1 is 1.32 bits per heavy atom. The Labute approximate surface area is 116 Å². The van der Waals surface area contributed by atoms with Crippen LogP contribution in [0.3, 0.4) is 0 Å². The van der Waals surface area contributed by atoms with Gasteiger partial charge in [-0.15, -0.1) is 0 Å². The summed E-state index contributed by atoms with van der Waals surface area (Å²) in [5, 5.41) is 9.05. The number of hydrogen-bond donors (Lipinski definition) is 0. The van der Waals surface area contributed by atoms with E-state index >= 15 is 0 Å². The fourth-order valence-corrected chi connectivity index (χ4v) is 2.85. The molecule has 1 heterocycles. The average Bonchev–Trinajstić information content (AvgIpc) is 2.39. The second-order valence-corrected chi connectivity index (χ2v) is 5.69. The molecule has 1 aromatic carbocycles. The minimum absolute atomic E-state index is 0.309. The second-order valence-electron chi connectivity index (χ2n) is 5.69. The van der Waals surface area contributed by atoms with Crippen molar-refractivity contribution < 1.29 is 0 Å². The van der Waals surface area contributed by atoms with Crippen LogP contribution in [0.2, 0.25) is 0 Å². The van der Waals surface area contributed by atoms with Gasteiger partial charge in [0.2, 0.25) is 0 Å². The lowest BCUT2D eigenvalue weighted by Gasteiger charge is -2.41. The van der Waals surface area contributed by atoms with Crippen molar-refractivity contribution in [2.24, 2.45) is 0 Å². The Hall–Kier alpha value is -1.53. The van der Waals surface area contributed by atoms with Crippen molar-refractivity contribution in [3.63, 3.8) is 0 Å². The van der Waals surface area contributed by atoms with Gasteiger partial charge in [0.05, 0.1) is 18.5 Å². The summed E-state index contributed by atoms with van der Waals surface area (Å²) in [5.41, 5.74) is 2.70. The lowest BCUT2D eigenvalue weighted by Crippen LogP contribution is -2.52. The van der Waals surface area contributed by atoms with Gasteiger partial charge in [-0.05, 0) is 24.6 Å². The molecular weight excluding hydrogens is 234 g/mol. The van der Waals surface area contributed by atoms with E-state index in [1.54, 1.807) is 0 Å². The van der Waals surface area contributed by atoms with Crippen LogP contribution < -0.4 is 4.90 Å². The topological polar surface area (TPSA) is 30.3 Å². The SMILES string of the molecule is CC(C)c1ccccc1N1CCN(C)CC1CC#N. The Balaban J connectivity index is 2.31. The monoisotopic (exact) mass is 257 g/mol. The summed E-state index contributed by atoms with van der Waals surface area (Å²) < 4.78 is 0. The van der Waals surface area contributed by atoms with Crippen LogP contribution in [0.25, 0.3) is 0 Å². The van der Waals surface area contributed by atoms with Crippen molar-refractivity contribution in [2.75, 3.05) is 31.6 Å². The summed E-state index contributed by atoms with van der Waals surface area (Å²) >= 11 is 0. The molecule has 0 N–H and O–H groups in total. The molecule has 3 nitrogen and oxygen atoms in total. The maximum Gasteiger partial charge on any atom is 0.0643 e. The van der Waals surface area contributed by atoms with Gasteiger partial charge in [0, 0.05) is 25.3 Å². The molecule has 0 bridgehead atoms. The van der Waals surface area contributed by atoms with E-state index in [1.807, 2.05) is 0 Å². The molecule has 0 aromatic heterocycles. The highest BCUT2D eigenvalue weighted by Crippen LogP contribution is 2.30. The molecule has 102 valence electrons. The second kappa shape index (κ2) is 6.08. The largest absolute Gasteiger partial charge is 0.365 e. The summed E-state index contributed by atoms with van der Waals surface area (Å²) in [7, 11) is 2.13. The van der Waals surface area contributed by atoms with Gasteiger partial charge in [-0.25, -0.2) is 0 Å². The van der Waals surface area contributed by atoms with Crippen LogP contribution in [0.1, 0.15) is 31.7 Å². The van der Waals surface area contributed by atoms with Gasteiger partial charge in [0.25, 0.3) is 0 Å². The molecular formula is C16H23N3. The van der Waals surface area contributed by atoms with Crippen molar-refractivity contribution >= 4 is 5.69 Å². The van der Waals surface area contributed by atoms with Crippen molar-refractivity contribution in [1.82, 2.24) is 4.90 Å². The number of anilines is 1. The number of nitrogens with zero attached hydrogens (tertiary/aromatic N) is 3. The molecule has 3 heteroatoms. The zero-order chi connectivity index (χ0) is 13.8. The number of rotatable bonds is 3. The molecule has 1 aliphatic rings. The molecule has 0 aliphatic carbocycles. The van der Waals surface area contributed by atoms with Crippen LogP contribution in [-0.2, 0) is 0 Å². The molecule has 1 aliphatic heterocycles. The normalized spacial score (nSPS) is 20.6. The molecule has 19 heavy (non-hydrogen) atoms. The molecule has 1 fully saturated rings. The van der Waals surface area contributed by atoms with Crippen molar-refractivity contribution in [1.29, 1.82) is 5.26 Å². The minimum atomic E-state index is 0.309. The smallest absolute Gasteiger partial charge is 0.0643 e. The highest BCUT2D eigenvalue weighted by atomic mass is 15.3. The Morgan fingerprint density at radius 2 is 2.05 bits per heavy atom. The summed E-state index contributed by atoms with van der Waals surface area (Å²) in [6.45, 7) is 7.50. The number of para-hydroxylation sites is 1. The predicted molar refractivity (Wildman–Crippen MR) is 79.4 cm³/mol. The van der Waals surface area contributed by atoms with Crippen molar-refractivity contribution in [3.05, 3.63) is 29.8 Å². The zero-order valence-electron chi connectivity index (χ0n) is 12.1. The van der Waals surface area contributed by atoms with Crippen LogP contribution >= 0.6 is 0 Å². The van der Waals surface area contributed by atoms with E-state index in [-0.39, 0.29) is 0 Å². The van der Waals surface area contributed by atoms with Gasteiger partial charge in [0.15, 0.2) is 0 Å². The first-order valence-corrected chi connectivity index (χ1v) is 7.04. The van der Waals surface area contributed by atoms with Gasteiger partial charge >= 0.3 is 0 Å². The highest BCUT2D eigenvalue weighted by molar-refractivity contribution is 5.56. The molecule has 1 unspecified atom stereocenters. The maximum atomic E-state index is 9.05. The highest BCUT2D eigenvalue weighted by Gasteiger charge is 2.26. The third-order valence-electron chi connectivity index (χ3n) is 3.88. The molecule has 1 saturated heterocycles. The summed E-state index contributed by atoms with van der Waals surface area (Å²) in [4.78, 5) is 4.75. The van der Waals surface area contributed by atoms with Crippen LogP contribution in [0, 0.1) is 11.3 Å². The predicted octanol–water partition coefficient (Wildman–Crippen LogP) is 2.84. The number of nitriles is 1. The first-order valence-electron chi connectivity index (χ1n) is 7.04. The first kappa shape index (κ1) is 13.9. The standard InChI is InChI=1S/C16H23N3/c1-13(2)15-6-4-5-7-16(15)19-11-10-18(3)12-14(19)8-9-17/h4-7,13-14H,8,10-12H2,1-3H3. The zero-order valence-corrected chi connectivity index (χ0v) is 12.1. The molecule has 0 amide bonds. The lowest BCUT2D eigenvalue weighted by molar-refractivity contribution is 0.268. The lowest BCUT2D eigenvalue weighted by atomic mass is 9.98. The fourth-order valence-electron chi connectivity index (χ4n) is 2.85. The summed E-state index contributed by atoms with van der Waals surface area (Å²) in [6, 6.07) is 11.3. The van der Waals surface area contributed by atoms with E-state index in [1.165, 1.54) is 11.3 Å². The molecule has 1 atom stereocenters. The Bertz CT molecular complexity index is 461. The quantitative estimate of drug-likeness (QED) is 0.834. The number of hydrogen-bond acceptors (Lipinski definition) is 3. The Kier molecular flexibility index (Phi) is 4.44. The number of piperazine rings is 1. The number of benzene rings is 1. The van der Waals surface area contributed by atoms with Crippen molar-refractivity contribution in [3.8, 4) is 6.07 Å². The van der Waals surface area contributed by atoms with E-state index in [0.29, 0.717) is 18.4 Å². The third kappa shape index (κ3) is 3.08. The van der Waals surface area contributed by atoms with Crippen LogP contribution in [0.5, 0.6) is 0 Å². The van der Waals surface area contributed by atoms with Gasteiger partial charge < -0.3 is 9.80 Å². The first-order chi connectivity index (χ1) is 9.13. The summed E-state index contributed by atoms with van der Waals surface area (Å²) in [6.07, 6.45) is 0.594. The fraction of sp³-hybridized carbons (Fsp3) is 0.562. The van der Waals surface area contributed by atoms with E-state index in [2.05, 4.69) is 61.0 Å². The third-order valence-corrected chi connectivity index (χ3v) is 3.88.